The molecule has 0 spiro atoms. The van der Waals surface area contributed by atoms with Crippen LogP contribution >= 0.6 is 0 Å². The van der Waals surface area contributed by atoms with Crippen molar-refractivity contribution >= 4 is 0 Å². The van der Waals surface area contributed by atoms with E-state index in [0.717, 1.165) is 0 Å². The Morgan fingerprint density at radius 2 is 1.03 bits per heavy atom. The molecule has 0 radical (unpaired) electrons. The van der Waals surface area contributed by atoms with Crippen molar-refractivity contribution in [3.63, 3.8) is 0 Å². The Morgan fingerprint density at radius 3 is 1.53 bits per heavy atom. The van der Waals surface area contributed by atoms with Crippen LogP contribution in [-0.2, 0) is 19.5 Å². The quantitative estimate of drug-likeness (QED) is 0.131. The van der Waals surface area contributed by atoms with E-state index in [9.17, 15) is 0 Å². The van der Waals surface area contributed by atoms with Crippen LogP contribution in [0.2, 0.25) is 0 Å². The molecule has 1 rings (SSSR count). The fourth-order valence-electron chi connectivity index (χ4n) is 4.62. The lowest BCUT2D eigenvalue weighted by Crippen LogP contribution is -2.37. The van der Waals surface area contributed by atoms with E-state index in [1.54, 1.807) is 5.82 Å². The van der Waals surface area contributed by atoms with E-state index < -0.39 is 0 Å². The molecule has 176 valence electrons. The zero-order chi connectivity index (χ0) is 21.7. The van der Waals surface area contributed by atoms with Crippen LogP contribution < -0.4 is 4.57 Å². The number of rotatable bonds is 22. The number of unbranched alkanes of at least 4 members (excludes halogenated alkanes) is 16. The SMILES string of the molecule is CCCCCCCCCCCCCn1cc[n+](CCC)c1CCCCCCCCC. The summed E-state index contributed by atoms with van der Waals surface area (Å²) in [4.78, 5) is 0. The van der Waals surface area contributed by atoms with Gasteiger partial charge in [-0.15, -0.1) is 0 Å². The van der Waals surface area contributed by atoms with Crippen molar-refractivity contribution in [3.8, 4) is 0 Å². The second-order valence-corrected chi connectivity index (χ2v) is 9.51. The highest BCUT2D eigenvalue weighted by Crippen LogP contribution is 2.13. The van der Waals surface area contributed by atoms with E-state index in [0.29, 0.717) is 0 Å². The molecule has 1 aromatic rings. The van der Waals surface area contributed by atoms with Gasteiger partial charge in [0, 0.05) is 6.42 Å². The summed E-state index contributed by atoms with van der Waals surface area (Å²) in [7, 11) is 0. The molecule has 0 N–H and O–H groups in total. The van der Waals surface area contributed by atoms with Gasteiger partial charge in [-0.05, 0) is 25.7 Å². The summed E-state index contributed by atoms with van der Waals surface area (Å²) >= 11 is 0. The third kappa shape index (κ3) is 13.5. The minimum absolute atomic E-state index is 1.18. The normalized spacial score (nSPS) is 11.4. The van der Waals surface area contributed by atoms with Gasteiger partial charge in [0.1, 0.15) is 12.4 Å². The van der Waals surface area contributed by atoms with Gasteiger partial charge < -0.3 is 0 Å². The second kappa shape index (κ2) is 20.1. The first-order chi connectivity index (χ1) is 14.8. The topological polar surface area (TPSA) is 8.81 Å². The average molecular weight is 420 g/mol. The van der Waals surface area contributed by atoms with E-state index in [2.05, 4.69) is 42.3 Å². The molecule has 2 heteroatoms. The Bertz CT molecular complexity index is 477. The van der Waals surface area contributed by atoms with Crippen LogP contribution in [0.1, 0.15) is 149 Å². The van der Waals surface area contributed by atoms with Gasteiger partial charge in [-0.1, -0.05) is 117 Å². The molecule has 0 aliphatic rings. The average Bonchev–Trinajstić information content (AvgIpc) is 3.13. The zero-order valence-electron chi connectivity index (χ0n) is 21.1. The van der Waals surface area contributed by atoms with Gasteiger partial charge in [0.25, 0.3) is 5.82 Å². The minimum Gasteiger partial charge on any atom is -0.234 e. The zero-order valence-corrected chi connectivity index (χ0v) is 21.1. The molecule has 0 aromatic carbocycles. The number of aryl methyl sites for hydroxylation is 2. The van der Waals surface area contributed by atoms with Gasteiger partial charge in [0.2, 0.25) is 0 Å². The van der Waals surface area contributed by atoms with Gasteiger partial charge in [0.05, 0.1) is 13.1 Å². The Labute approximate surface area is 189 Å². The molecule has 0 unspecified atom stereocenters. The molecule has 0 atom stereocenters. The molecule has 0 saturated heterocycles. The third-order valence-electron chi connectivity index (χ3n) is 6.56. The second-order valence-electron chi connectivity index (χ2n) is 9.51. The Balaban J connectivity index is 2.18. The van der Waals surface area contributed by atoms with Gasteiger partial charge >= 0.3 is 0 Å². The summed E-state index contributed by atoms with van der Waals surface area (Å²) in [5.41, 5.74) is 0. The van der Waals surface area contributed by atoms with Crippen LogP contribution in [0.15, 0.2) is 12.4 Å². The predicted molar refractivity (Wildman–Crippen MR) is 133 cm³/mol. The molecule has 2 nitrogen and oxygen atoms in total. The van der Waals surface area contributed by atoms with E-state index in [1.807, 2.05) is 0 Å². The maximum atomic E-state index is 2.57. The van der Waals surface area contributed by atoms with Crippen LogP contribution in [-0.4, -0.2) is 4.57 Å². The van der Waals surface area contributed by atoms with Gasteiger partial charge in [0.15, 0.2) is 0 Å². The number of imidazole rings is 1. The maximum absolute atomic E-state index is 2.57. The molecule has 0 amide bonds. The van der Waals surface area contributed by atoms with Crippen LogP contribution in [0.4, 0.5) is 0 Å². The van der Waals surface area contributed by atoms with Crippen molar-refractivity contribution in [2.24, 2.45) is 0 Å². The lowest BCUT2D eigenvalue weighted by Gasteiger charge is -2.06. The predicted octanol–water partition coefficient (Wildman–Crippen LogP) is 8.79. The summed E-state index contributed by atoms with van der Waals surface area (Å²) in [6, 6.07) is 0. The van der Waals surface area contributed by atoms with Crippen LogP contribution in [0.25, 0.3) is 0 Å². The highest BCUT2D eigenvalue weighted by atomic mass is 15.1. The Hall–Kier alpha value is -0.790. The lowest BCUT2D eigenvalue weighted by atomic mass is 10.1. The van der Waals surface area contributed by atoms with Crippen LogP contribution in [0.3, 0.4) is 0 Å². The van der Waals surface area contributed by atoms with Crippen molar-refractivity contribution < 1.29 is 4.57 Å². The summed E-state index contributed by atoms with van der Waals surface area (Å²) in [5, 5.41) is 0. The van der Waals surface area contributed by atoms with Gasteiger partial charge in [-0.3, -0.25) is 0 Å². The van der Waals surface area contributed by atoms with Crippen molar-refractivity contribution in [2.45, 2.75) is 162 Å². The molecule has 1 heterocycles. The number of nitrogens with zero attached hydrogens (tertiary/aromatic N) is 2. The summed E-state index contributed by atoms with van der Waals surface area (Å²) < 4.78 is 5.09. The molecule has 0 fully saturated rings. The highest BCUT2D eigenvalue weighted by molar-refractivity contribution is 4.84. The Kier molecular flexibility index (Phi) is 18.3. The van der Waals surface area contributed by atoms with Crippen molar-refractivity contribution in [3.05, 3.63) is 18.2 Å². The van der Waals surface area contributed by atoms with E-state index in [4.69, 9.17) is 0 Å². The molecular weight excluding hydrogens is 364 g/mol. The smallest absolute Gasteiger partial charge is 0.234 e. The first-order valence-electron chi connectivity index (χ1n) is 13.9. The van der Waals surface area contributed by atoms with Gasteiger partial charge in [-0.25, -0.2) is 9.13 Å². The van der Waals surface area contributed by atoms with Crippen LogP contribution in [0.5, 0.6) is 0 Å². The standard InChI is InChI=1S/C28H55N2/c1-4-7-9-11-13-14-15-16-18-20-22-25-30-27-26-29(24-6-3)28(30)23-21-19-17-12-10-8-5-2/h26-27H,4-25H2,1-3H3/q+1. The maximum Gasteiger partial charge on any atom is 0.256 e. The van der Waals surface area contributed by atoms with Crippen molar-refractivity contribution in [2.75, 3.05) is 0 Å². The summed E-state index contributed by atoms with van der Waals surface area (Å²) in [5.74, 6) is 1.58. The number of hydrogen-bond donors (Lipinski definition) is 0. The number of aromatic nitrogens is 2. The highest BCUT2D eigenvalue weighted by Gasteiger charge is 2.15. The van der Waals surface area contributed by atoms with Crippen LogP contribution in [0, 0.1) is 0 Å². The monoisotopic (exact) mass is 419 g/mol. The third-order valence-corrected chi connectivity index (χ3v) is 6.56. The fourth-order valence-corrected chi connectivity index (χ4v) is 4.62. The minimum atomic E-state index is 1.18. The molecule has 0 aliphatic heterocycles. The first-order valence-corrected chi connectivity index (χ1v) is 13.9. The summed E-state index contributed by atoms with van der Waals surface area (Å²) in [6.07, 6.45) is 32.7. The molecule has 0 aliphatic carbocycles. The number of hydrogen-bond acceptors (Lipinski definition) is 0. The Morgan fingerprint density at radius 1 is 0.567 bits per heavy atom. The van der Waals surface area contributed by atoms with Crippen molar-refractivity contribution in [1.29, 1.82) is 0 Å². The fraction of sp³-hybridized carbons (Fsp3) is 0.893. The largest absolute Gasteiger partial charge is 0.256 e. The van der Waals surface area contributed by atoms with Gasteiger partial charge in [-0.2, -0.15) is 0 Å². The molecule has 30 heavy (non-hydrogen) atoms. The lowest BCUT2D eigenvalue weighted by molar-refractivity contribution is -0.703. The molecule has 0 saturated carbocycles. The molecule has 1 aromatic heterocycles. The van der Waals surface area contributed by atoms with E-state index in [1.165, 1.54) is 142 Å². The van der Waals surface area contributed by atoms with Crippen molar-refractivity contribution in [1.82, 2.24) is 4.57 Å². The van der Waals surface area contributed by atoms with E-state index >= 15 is 0 Å². The molecule has 0 bridgehead atoms. The first kappa shape index (κ1) is 27.2. The summed E-state index contributed by atoms with van der Waals surface area (Å²) in [6.45, 7) is 9.30. The van der Waals surface area contributed by atoms with E-state index in [-0.39, 0.29) is 0 Å². The molecular formula is C28H55N2+.